The molecule has 0 radical (unpaired) electrons. The summed E-state index contributed by atoms with van der Waals surface area (Å²) in [5.41, 5.74) is 6.48. The van der Waals surface area contributed by atoms with Gasteiger partial charge in [0, 0.05) is 23.2 Å². The topological polar surface area (TPSA) is 95.9 Å². The Morgan fingerprint density at radius 3 is 2.04 bits per heavy atom. The van der Waals surface area contributed by atoms with Crippen LogP contribution in [0.4, 0.5) is 11.4 Å². The monoisotopic (exact) mass is 606 g/mol. The Balaban J connectivity index is 1.57. The Morgan fingerprint density at radius 1 is 0.800 bits per heavy atom. The molecule has 0 spiro atoms. The number of anilines is 2. The van der Waals surface area contributed by atoms with E-state index in [-0.39, 0.29) is 24.8 Å². The zero-order valence-electron chi connectivity index (χ0n) is 26.3. The average Bonchev–Trinajstić information content (AvgIpc) is 3.03. The van der Waals surface area contributed by atoms with Gasteiger partial charge >= 0.3 is 5.97 Å². The van der Waals surface area contributed by atoms with Crippen molar-refractivity contribution in [3.05, 3.63) is 124 Å². The van der Waals surface area contributed by atoms with Gasteiger partial charge in [0.15, 0.2) is 0 Å². The van der Waals surface area contributed by atoms with Crippen molar-refractivity contribution in [1.82, 2.24) is 0 Å². The van der Waals surface area contributed by atoms with Crippen LogP contribution in [-0.2, 0) is 24.2 Å². The summed E-state index contributed by atoms with van der Waals surface area (Å²) in [4.78, 5) is 39.9. The molecular weight excluding hydrogens is 564 g/mol. The number of carboxylic acid groups (broad SMARTS) is 1. The van der Waals surface area contributed by atoms with Crippen LogP contribution in [0.25, 0.3) is 0 Å². The lowest BCUT2D eigenvalue weighted by Gasteiger charge is -2.24. The predicted molar refractivity (Wildman–Crippen MR) is 179 cm³/mol. The average molecular weight is 607 g/mol. The second-order valence-corrected chi connectivity index (χ2v) is 11.2. The van der Waals surface area contributed by atoms with Crippen LogP contribution < -0.4 is 15.0 Å². The number of benzene rings is 4. The number of carbonyl (C=O) groups is 3. The SMILES string of the molecule is CCCc1ccc(CN(C(=O)c2ccc(CCC)cc2)c2ccc(C(=O)Nc3ccccc3OCCCC(=O)O)c(C)c2)cc1. The molecule has 0 saturated carbocycles. The highest BCUT2D eigenvalue weighted by molar-refractivity contribution is 6.08. The number of rotatable bonds is 15. The Kier molecular flexibility index (Phi) is 11.9. The van der Waals surface area contributed by atoms with Gasteiger partial charge in [-0.1, -0.05) is 75.2 Å². The van der Waals surface area contributed by atoms with Crippen molar-refractivity contribution in [2.45, 2.75) is 65.8 Å². The fraction of sp³-hybridized carbons (Fsp3) is 0.289. The summed E-state index contributed by atoms with van der Waals surface area (Å²) in [7, 11) is 0. The minimum atomic E-state index is -0.880. The maximum atomic E-state index is 13.9. The molecule has 7 heteroatoms. The second kappa shape index (κ2) is 16.2. The van der Waals surface area contributed by atoms with Gasteiger partial charge < -0.3 is 20.1 Å². The van der Waals surface area contributed by atoms with Crippen LogP contribution in [-0.4, -0.2) is 29.5 Å². The van der Waals surface area contributed by atoms with Crippen LogP contribution in [0, 0.1) is 6.92 Å². The molecular formula is C38H42N2O5. The number of nitrogens with one attached hydrogen (secondary N) is 1. The van der Waals surface area contributed by atoms with Crippen LogP contribution in [0.15, 0.2) is 91.0 Å². The number of hydrogen-bond donors (Lipinski definition) is 2. The molecule has 45 heavy (non-hydrogen) atoms. The van der Waals surface area contributed by atoms with E-state index < -0.39 is 5.97 Å². The van der Waals surface area contributed by atoms with Crippen LogP contribution in [0.1, 0.15) is 82.5 Å². The number of ether oxygens (including phenoxy) is 1. The highest BCUT2D eigenvalue weighted by Crippen LogP contribution is 2.28. The Labute approximate surface area is 265 Å². The molecule has 0 aliphatic rings. The van der Waals surface area contributed by atoms with Crippen molar-refractivity contribution < 1.29 is 24.2 Å². The van der Waals surface area contributed by atoms with E-state index in [4.69, 9.17) is 9.84 Å². The summed E-state index contributed by atoms with van der Waals surface area (Å²) in [6.45, 7) is 6.76. The van der Waals surface area contributed by atoms with Crippen LogP contribution in [0.3, 0.4) is 0 Å². The van der Waals surface area contributed by atoms with Gasteiger partial charge in [0.05, 0.1) is 18.8 Å². The zero-order valence-corrected chi connectivity index (χ0v) is 26.3. The van der Waals surface area contributed by atoms with Gasteiger partial charge in [-0.2, -0.15) is 0 Å². The minimum absolute atomic E-state index is 0.00786. The smallest absolute Gasteiger partial charge is 0.303 e. The highest BCUT2D eigenvalue weighted by Gasteiger charge is 2.21. The zero-order chi connectivity index (χ0) is 32.2. The molecule has 0 atom stereocenters. The number of para-hydroxylation sites is 2. The molecule has 0 bridgehead atoms. The lowest BCUT2D eigenvalue weighted by Crippen LogP contribution is -2.30. The molecule has 0 unspecified atom stereocenters. The minimum Gasteiger partial charge on any atom is -0.491 e. The van der Waals surface area contributed by atoms with Gasteiger partial charge in [0.25, 0.3) is 11.8 Å². The van der Waals surface area contributed by atoms with Gasteiger partial charge in [-0.3, -0.25) is 14.4 Å². The molecule has 0 aromatic heterocycles. The first-order valence-electron chi connectivity index (χ1n) is 15.6. The Morgan fingerprint density at radius 2 is 1.42 bits per heavy atom. The third kappa shape index (κ3) is 9.29. The molecule has 0 aliphatic heterocycles. The van der Waals surface area contributed by atoms with E-state index in [2.05, 4.69) is 43.4 Å². The molecule has 234 valence electrons. The largest absolute Gasteiger partial charge is 0.491 e. The van der Waals surface area contributed by atoms with Crippen molar-refractivity contribution >= 4 is 29.2 Å². The van der Waals surface area contributed by atoms with E-state index in [9.17, 15) is 14.4 Å². The maximum absolute atomic E-state index is 13.9. The van der Waals surface area contributed by atoms with E-state index in [0.29, 0.717) is 41.2 Å². The number of carbonyl (C=O) groups excluding carboxylic acids is 2. The Hall–Kier alpha value is -4.91. The van der Waals surface area contributed by atoms with Gasteiger partial charge in [-0.25, -0.2) is 0 Å². The molecule has 4 aromatic carbocycles. The van der Waals surface area contributed by atoms with E-state index in [1.807, 2.05) is 43.3 Å². The van der Waals surface area contributed by atoms with Crippen molar-refractivity contribution in [2.24, 2.45) is 0 Å². The van der Waals surface area contributed by atoms with Crippen molar-refractivity contribution in [3.63, 3.8) is 0 Å². The first-order chi connectivity index (χ1) is 21.8. The van der Waals surface area contributed by atoms with Crippen LogP contribution in [0.2, 0.25) is 0 Å². The summed E-state index contributed by atoms with van der Waals surface area (Å²) < 4.78 is 5.75. The van der Waals surface area contributed by atoms with E-state index in [1.165, 1.54) is 11.1 Å². The predicted octanol–water partition coefficient (Wildman–Crippen LogP) is 8.24. The molecule has 4 rings (SSSR count). The highest BCUT2D eigenvalue weighted by atomic mass is 16.5. The molecule has 2 N–H and O–H groups in total. The third-order valence-electron chi connectivity index (χ3n) is 7.58. The van der Waals surface area contributed by atoms with E-state index in [1.54, 1.807) is 35.2 Å². The maximum Gasteiger partial charge on any atom is 0.303 e. The second-order valence-electron chi connectivity index (χ2n) is 11.2. The molecule has 0 heterocycles. The standard InChI is InChI=1S/C38H42N2O5/c1-4-9-28-14-16-30(17-15-28)26-40(38(44)31-20-18-29(10-5-2)19-21-31)32-22-23-33(27(3)25-32)37(43)39-34-11-6-7-12-35(34)45-24-8-13-36(41)42/h6-7,11-12,14-23,25H,4-5,8-10,13,24,26H2,1-3H3,(H,39,43)(H,41,42). The summed E-state index contributed by atoms with van der Waals surface area (Å²) >= 11 is 0. The molecule has 7 nitrogen and oxygen atoms in total. The fourth-order valence-corrected chi connectivity index (χ4v) is 5.18. The van der Waals surface area contributed by atoms with Crippen LogP contribution >= 0.6 is 0 Å². The van der Waals surface area contributed by atoms with Crippen LogP contribution in [0.5, 0.6) is 5.75 Å². The first kappa shape index (κ1) is 33.0. The summed E-state index contributed by atoms with van der Waals surface area (Å²) in [6, 6.07) is 28.7. The summed E-state index contributed by atoms with van der Waals surface area (Å²) in [5, 5.41) is 11.8. The molecule has 0 aliphatic carbocycles. The molecule has 0 fully saturated rings. The van der Waals surface area contributed by atoms with Crippen molar-refractivity contribution in [1.29, 1.82) is 0 Å². The Bertz CT molecular complexity index is 1600. The lowest BCUT2D eigenvalue weighted by molar-refractivity contribution is -0.137. The number of carboxylic acids is 1. The number of nitrogens with zero attached hydrogens (tertiary/aromatic N) is 1. The summed E-state index contributed by atoms with van der Waals surface area (Å²) in [6.07, 6.45) is 4.46. The number of aliphatic carboxylic acids is 1. The van der Waals surface area contributed by atoms with Gasteiger partial charge in [-0.15, -0.1) is 0 Å². The fourth-order valence-electron chi connectivity index (χ4n) is 5.18. The van der Waals surface area contributed by atoms with E-state index >= 15 is 0 Å². The quantitative estimate of drug-likeness (QED) is 0.133. The first-order valence-corrected chi connectivity index (χ1v) is 15.6. The van der Waals surface area contributed by atoms with Crippen molar-refractivity contribution in [2.75, 3.05) is 16.8 Å². The van der Waals surface area contributed by atoms with Gasteiger partial charge in [-0.05, 0) is 90.9 Å². The van der Waals surface area contributed by atoms with Crippen molar-refractivity contribution in [3.8, 4) is 5.75 Å². The number of amides is 2. The number of aryl methyl sites for hydroxylation is 3. The van der Waals surface area contributed by atoms with Gasteiger partial charge in [0.2, 0.25) is 0 Å². The molecule has 2 amide bonds. The third-order valence-corrected chi connectivity index (χ3v) is 7.58. The normalized spacial score (nSPS) is 10.7. The van der Waals surface area contributed by atoms with E-state index in [0.717, 1.165) is 36.8 Å². The molecule has 0 saturated heterocycles. The molecule has 4 aromatic rings. The summed E-state index contributed by atoms with van der Waals surface area (Å²) in [5.74, 6) is -0.830. The lowest BCUT2D eigenvalue weighted by atomic mass is 10.0. The number of hydrogen-bond acceptors (Lipinski definition) is 4. The van der Waals surface area contributed by atoms with Gasteiger partial charge in [0.1, 0.15) is 5.75 Å².